The van der Waals surface area contributed by atoms with E-state index in [1.807, 2.05) is 6.07 Å². The molecule has 5 nitrogen and oxygen atoms in total. The van der Waals surface area contributed by atoms with Crippen molar-refractivity contribution in [3.8, 4) is 0 Å². The zero-order valence-corrected chi connectivity index (χ0v) is 12.7. The highest BCUT2D eigenvalue weighted by atomic mass is 79.9. The molecule has 6 heteroatoms. The number of aryl methyl sites for hydroxylation is 1. The van der Waals surface area contributed by atoms with Crippen molar-refractivity contribution in [1.82, 2.24) is 5.32 Å². The second kappa shape index (κ2) is 5.88. The average Bonchev–Trinajstić information content (AvgIpc) is 2.33. The average molecular weight is 328 g/mol. The summed E-state index contributed by atoms with van der Waals surface area (Å²) in [6, 6.07) is 4.33. The Bertz CT molecular complexity index is 493. The van der Waals surface area contributed by atoms with Gasteiger partial charge in [-0.2, -0.15) is 0 Å². The monoisotopic (exact) mass is 327 g/mol. The Balaban J connectivity index is 2.16. The maximum absolute atomic E-state index is 10.9. The normalized spacial score (nSPS) is 23.1. The van der Waals surface area contributed by atoms with Crippen LogP contribution in [-0.2, 0) is 0 Å². The van der Waals surface area contributed by atoms with Gasteiger partial charge in [0.25, 0.3) is 5.69 Å². The smallest absolute Gasteiger partial charge is 0.273 e. The lowest BCUT2D eigenvalue weighted by molar-refractivity contribution is -0.385. The van der Waals surface area contributed by atoms with Gasteiger partial charge >= 0.3 is 0 Å². The lowest BCUT2D eigenvalue weighted by Gasteiger charge is -2.29. The Labute approximate surface area is 121 Å². The number of nitrogens with one attached hydrogen (secondary N) is 2. The minimum Gasteiger partial charge on any atom is -0.381 e. The fourth-order valence-electron chi connectivity index (χ4n) is 2.46. The van der Waals surface area contributed by atoms with E-state index in [0.29, 0.717) is 17.6 Å². The first-order valence-corrected chi connectivity index (χ1v) is 7.21. The van der Waals surface area contributed by atoms with Gasteiger partial charge in [-0.05, 0) is 55.2 Å². The molecule has 1 aliphatic heterocycles. The zero-order chi connectivity index (χ0) is 14.0. The third-order valence-electron chi connectivity index (χ3n) is 3.47. The van der Waals surface area contributed by atoms with Crippen LogP contribution in [-0.4, -0.2) is 23.6 Å². The molecule has 1 fully saturated rings. The summed E-state index contributed by atoms with van der Waals surface area (Å²) in [6.07, 6.45) is 2.12. The highest BCUT2D eigenvalue weighted by molar-refractivity contribution is 9.10. The van der Waals surface area contributed by atoms with Gasteiger partial charge in [0.15, 0.2) is 0 Å². The summed E-state index contributed by atoms with van der Waals surface area (Å²) >= 11 is 3.41. The molecule has 1 aliphatic rings. The molecule has 1 aromatic rings. The van der Waals surface area contributed by atoms with Crippen molar-refractivity contribution in [3.63, 3.8) is 0 Å². The molecular formula is C13H18BrN3O2. The van der Waals surface area contributed by atoms with Crippen LogP contribution in [0.4, 0.5) is 11.4 Å². The standard InChI is InChI=1S/C13H18BrN3O2/c1-8-5-12(11(14)7-13(8)17(18)19)16-10-3-4-15-9(2)6-10/h5,7,9-10,15-16H,3-4,6H2,1-2H3. The van der Waals surface area contributed by atoms with E-state index in [2.05, 4.69) is 33.5 Å². The SMILES string of the molecule is Cc1cc(NC2CCNC(C)C2)c(Br)cc1[N+](=O)[O-]. The molecule has 0 aromatic heterocycles. The molecule has 0 amide bonds. The van der Waals surface area contributed by atoms with Gasteiger partial charge in [-0.15, -0.1) is 0 Å². The third-order valence-corrected chi connectivity index (χ3v) is 4.12. The minimum atomic E-state index is -0.351. The van der Waals surface area contributed by atoms with E-state index in [0.717, 1.165) is 29.5 Å². The first kappa shape index (κ1) is 14.3. The van der Waals surface area contributed by atoms with Crippen molar-refractivity contribution in [3.05, 3.63) is 32.3 Å². The van der Waals surface area contributed by atoms with Gasteiger partial charge in [0, 0.05) is 33.9 Å². The van der Waals surface area contributed by atoms with Crippen molar-refractivity contribution < 1.29 is 4.92 Å². The van der Waals surface area contributed by atoms with Crippen LogP contribution in [0.2, 0.25) is 0 Å². The van der Waals surface area contributed by atoms with Gasteiger partial charge in [-0.3, -0.25) is 10.1 Å². The first-order chi connectivity index (χ1) is 8.97. The van der Waals surface area contributed by atoms with E-state index in [-0.39, 0.29) is 10.6 Å². The minimum absolute atomic E-state index is 0.149. The van der Waals surface area contributed by atoms with E-state index >= 15 is 0 Å². The molecule has 104 valence electrons. The number of benzene rings is 1. The molecule has 0 aliphatic carbocycles. The number of nitrogens with zero attached hydrogens (tertiary/aromatic N) is 1. The van der Waals surface area contributed by atoms with E-state index in [9.17, 15) is 10.1 Å². The summed E-state index contributed by atoms with van der Waals surface area (Å²) in [5.41, 5.74) is 1.76. The summed E-state index contributed by atoms with van der Waals surface area (Å²) in [6.45, 7) is 4.94. The maximum Gasteiger partial charge on any atom is 0.273 e. The predicted octanol–water partition coefficient (Wildman–Crippen LogP) is 3.22. The van der Waals surface area contributed by atoms with Crippen molar-refractivity contribution in [2.75, 3.05) is 11.9 Å². The molecule has 2 unspecified atom stereocenters. The lowest BCUT2D eigenvalue weighted by atomic mass is 10.00. The predicted molar refractivity (Wildman–Crippen MR) is 79.6 cm³/mol. The topological polar surface area (TPSA) is 67.2 Å². The quantitative estimate of drug-likeness (QED) is 0.660. The van der Waals surface area contributed by atoms with Crippen LogP contribution in [0.5, 0.6) is 0 Å². The zero-order valence-electron chi connectivity index (χ0n) is 11.1. The van der Waals surface area contributed by atoms with Gasteiger partial charge in [0.2, 0.25) is 0 Å². The summed E-state index contributed by atoms with van der Waals surface area (Å²) in [5.74, 6) is 0. The van der Waals surface area contributed by atoms with Crippen LogP contribution in [0, 0.1) is 17.0 Å². The van der Waals surface area contributed by atoms with Crippen LogP contribution in [0.3, 0.4) is 0 Å². The van der Waals surface area contributed by atoms with Crippen molar-refractivity contribution in [2.45, 2.75) is 38.8 Å². The van der Waals surface area contributed by atoms with E-state index in [1.54, 1.807) is 13.0 Å². The number of hydrogen-bond acceptors (Lipinski definition) is 4. The number of rotatable bonds is 3. The third kappa shape index (κ3) is 3.45. The molecular weight excluding hydrogens is 310 g/mol. The van der Waals surface area contributed by atoms with Gasteiger partial charge in [-0.1, -0.05) is 0 Å². The molecule has 0 spiro atoms. The van der Waals surface area contributed by atoms with Crippen LogP contribution in [0.15, 0.2) is 16.6 Å². The summed E-state index contributed by atoms with van der Waals surface area (Å²) in [7, 11) is 0. The van der Waals surface area contributed by atoms with Gasteiger partial charge in [0.05, 0.1) is 4.92 Å². The Kier molecular flexibility index (Phi) is 4.42. The largest absolute Gasteiger partial charge is 0.381 e. The second-order valence-corrected chi connectivity index (χ2v) is 5.95. The van der Waals surface area contributed by atoms with Crippen LogP contribution in [0.25, 0.3) is 0 Å². The number of nitro benzene ring substituents is 1. The summed E-state index contributed by atoms with van der Waals surface area (Å²) in [4.78, 5) is 10.5. The van der Waals surface area contributed by atoms with E-state index < -0.39 is 0 Å². The summed E-state index contributed by atoms with van der Waals surface area (Å²) in [5, 5.41) is 17.8. The highest BCUT2D eigenvalue weighted by Gasteiger charge is 2.20. The van der Waals surface area contributed by atoms with E-state index in [1.165, 1.54) is 0 Å². The Morgan fingerprint density at radius 3 is 2.89 bits per heavy atom. The molecule has 1 heterocycles. The Morgan fingerprint density at radius 1 is 1.53 bits per heavy atom. The molecule has 2 atom stereocenters. The van der Waals surface area contributed by atoms with Crippen LogP contribution in [0.1, 0.15) is 25.3 Å². The number of halogens is 1. The van der Waals surface area contributed by atoms with Crippen LogP contribution < -0.4 is 10.6 Å². The molecule has 0 bridgehead atoms. The number of anilines is 1. The molecule has 1 saturated heterocycles. The lowest BCUT2D eigenvalue weighted by Crippen LogP contribution is -2.41. The first-order valence-electron chi connectivity index (χ1n) is 6.42. The summed E-state index contributed by atoms with van der Waals surface area (Å²) < 4.78 is 0.746. The Morgan fingerprint density at radius 2 is 2.26 bits per heavy atom. The molecule has 0 saturated carbocycles. The highest BCUT2D eigenvalue weighted by Crippen LogP contribution is 2.31. The van der Waals surface area contributed by atoms with Crippen molar-refractivity contribution in [2.24, 2.45) is 0 Å². The molecule has 1 aromatic carbocycles. The Hall–Kier alpha value is -1.14. The van der Waals surface area contributed by atoms with Gasteiger partial charge in [0.1, 0.15) is 0 Å². The molecule has 2 rings (SSSR count). The van der Waals surface area contributed by atoms with E-state index in [4.69, 9.17) is 0 Å². The fourth-order valence-corrected chi connectivity index (χ4v) is 2.91. The number of hydrogen-bond donors (Lipinski definition) is 2. The van der Waals surface area contributed by atoms with Gasteiger partial charge in [-0.25, -0.2) is 0 Å². The molecule has 2 N–H and O–H groups in total. The second-order valence-electron chi connectivity index (χ2n) is 5.10. The molecule has 0 radical (unpaired) electrons. The molecule has 19 heavy (non-hydrogen) atoms. The number of nitro groups is 1. The van der Waals surface area contributed by atoms with Crippen molar-refractivity contribution in [1.29, 1.82) is 0 Å². The van der Waals surface area contributed by atoms with Crippen molar-refractivity contribution >= 4 is 27.3 Å². The maximum atomic E-state index is 10.9. The number of piperidine rings is 1. The fraction of sp³-hybridized carbons (Fsp3) is 0.538. The van der Waals surface area contributed by atoms with Crippen LogP contribution >= 0.6 is 15.9 Å². The van der Waals surface area contributed by atoms with Gasteiger partial charge < -0.3 is 10.6 Å².